The zero-order chi connectivity index (χ0) is 26.6. The molecule has 192 valence electrons. The van der Waals surface area contributed by atoms with Gasteiger partial charge in [0.25, 0.3) is 5.91 Å². The molecule has 0 bridgehead atoms. The van der Waals surface area contributed by atoms with Crippen molar-refractivity contribution in [2.45, 2.75) is 39.2 Å². The van der Waals surface area contributed by atoms with Crippen molar-refractivity contribution < 1.29 is 23.5 Å². The lowest BCUT2D eigenvalue weighted by atomic mass is 9.86. The van der Waals surface area contributed by atoms with Gasteiger partial charge in [-0.15, -0.1) is 0 Å². The van der Waals surface area contributed by atoms with Gasteiger partial charge in [-0.3, -0.25) is 9.59 Å². The summed E-state index contributed by atoms with van der Waals surface area (Å²) >= 11 is 0. The predicted octanol–water partition coefficient (Wildman–Crippen LogP) is 5.85. The predicted molar refractivity (Wildman–Crippen MR) is 146 cm³/mol. The molecule has 2 aromatic heterocycles. The number of hydrogen-bond donors (Lipinski definition) is 2. The second-order valence-electron chi connectivity index (χ2n) is 9.16. The van der Waals surface area contributed by atoms with Crippen LogP contribution in [0.4, 0.5) is 11.4 Å². The van der Waals surface area contributed by atoms with Gasteiger partial charge in [0, 0.05) is 23.7 Å². The molecule has 2 N–H and O–H groups in total. The topological polar surface area (TPSA) is 111 Å². The van der Waals surface area contributed by atoms with E-state index in [0.717, 1.165) is 35.4 Å². The monoisotopic (exact) mass is 509 g/mol. The minimum atomic E-state index is -1.04. The highest BCUT2D eigenvalue weighted by Gasteiger charge is 2.28. The zero-order valence-corrected chi connectivity index (χ0v) is 21.1. The molecular formula is C30H27N3O5. The second-order valence-corrected chi connectivity index (χ2v) is 9.16. The Bertz CT molecular complexity index is 1540. The number of allylic oxidation sites excluding steroid dienone is 1. The van der Waals surface area contributed by atoms with E-state index in [1.807, 2.05) is 42.5 Å². The third kappa shape index (κ3) is 5.34. The van der Waals surface area contributed by atoms with E-state index in [-0.39, 0.29) is 5.91 Å². The normalized spacial score (nSPS) is 14.5. The minimum Gasteiger partial charge on any atom is -0.465 e. The third-order valence-corrected chi connectivity index (χ3v) is 6.36. The van der Waals surface area contributed by atoms with Gasteiger partial charge in [0.15, 0.2) is 6.10 Å². The molecule has 2 amide bonds. The first-order chi connectivity index (χ1) is 18.4. The third-order valence-electron chi connectivity index (χ3n) is 6.36. The lowest BCUT2D eigenvalue weighted by molar-refractivity contribution is -0.123. The molecule has 0 unspecified atom stereocenters. The number of furan rings is 1. The molecular weight excluding hydrogens is 482 g/mol. The molecule has 8 heteroatoms. The number of fused-ring (bicyclic) bond motifs is 2. The summed E-state index contributed by atoms with van der Waals surface area (Å²) in [5.41, 5.74) is 4.83. The Morgan fingerprint density at radius 3 is 2.42 bits per heavy atom. The molecule has 1 atom stereocenters. The van der Waals surface area contributed by atoms with Gasteiger partial charge in [-0.2, -0.15) is 0 Å². The molecule has 2 aromatic carbocycles. The second kappa shape index (κ2) is 10.7. The Hall–Kier alpha value is -4.72. The molecule has 0 radical (unpaired) electrons. The average molecular weight is 510 g/mol. The van der Waals surface area contributed by atoms with Crippen molar-refractivity contribution in [3.05, 3.63) is 89.5 Å². The van der Waals surface area contributed by atoms with Gasteiger partial charge in [-0.05, 0) is 85.9 Å². The zero-order valence-electron chi connectivity index (χ0n) is 21.1. The van der Waals surface area contributed by atoms with Crippen molar-refractivity contribution in [3.63, 3.8) is 0 Å². The number of nitrogens with one attached hydrogen (secondary N) is 2. The first-order valence-corrected chi connectivity index (χ1v) is 12.4. The number of para-hydroxylation sites is 1. The molecule has 0 saturated carbocycles. The van der Waals surface area contributed by atoms with Crippen LogP contribution in [-0.2, 0) is 20.7 Å². The molecule has 0 saturated heterocycles. The summed E-state index contributed by atoms with van der Waals surface area (Å²) in [6, 6.07) is 17.8. The van der Waals surface area contributed by atoms with Crippen molar-refractivity contribution in [1.29, 1.82) is 0 Å². The molecule has 5 rings (SSSR count). The lowest BCUT2D eigenvalue weighted by Crippen LogP contribution is -2.30. The van der Waals surface area contributed by atoms with E-state index in [4.69, 9.17) is 14.1 Å². The lowest BCUT2D eigenvalue weighted by Gasteiger charge is -2.23. The highest BCUT2D eigenvalue weighted by molar-refractivity contribution is 6.07. The number of anilines is 2. The fraction of sp³-hybridized carbons (Fsp3) is 0.200. The molecule has 1 aliphatic carbocycles. The van der Waals surface area contributed by atoms with E-state index in [9.17, 15) is 14.4 Å². The van der Waals surface area contributed by atoms with Crippen LogP contribution in [-0.4, -0.2) is 28.9 Å². The summed E-state index contributed by atoms with van der Waals surface area (Å²) in [6.07, 6.45) is 4.88. The van der Waals surface area contributed by atoms with E-state index in [2.05, 4.69) is 10.6 Å². The molecule has 1 aliphatic rings. The first kappa shape index (κ1) is 25.0. The largest absolute Gasteiger partial charge is 0.465 e. The summed E-state index contributed by atoms with van der Waals surface area (Å²) in [4.78, 5) is 42.5. The van der Waals surface area contributed by atoms with Crippen molar-refractivity contribution >= 4 is 51.7 Å². The van der Waals surface area contributed by atoms with Gasteiger partial charge in [-0.25, -0.2) is 9.78 Å². The molecule has 4 aromatic rings. The Labute approximate surface area is 219 Å². The van der Waals surface area contributed by atoms with Gasteiger partial charge in [0.05, 0.1) is 23.0 Å². The number of benzene rings is 2. The van der Waals surface area contributed by atoms with Gasteiger partial charge < -0.3 is 19.8 Å². The van der Waals surface area contributed by atoms with Crippen molar-refractivity contribution in [3.8, 4) is 0 Å². The standard InChI is InChI=1S/C30H27N3O5/c1-18(29(35)32-22-14-12-21(13-15-22)31-19(2)34)38-30(36)27-24-9-3-4-11-26(24)33-28-20(7-5-10-25(27)28)17-23-8-6-16-37-23/h3-4,6,8-9,11-18H,5,7,10H2,1-2H3,(H,31,34)(H,32,35)/b20-17-/t18-/m1/s1. The average Bonchev–Trinajstić information content (AvgIpc) is 3.41. The number of carbonyl (C=O) groups excluding carboxylic acids is 3. The van der Waals surface area contributed by atoms with Gasteiger partial charge >= 0.3 is 5.97 Å². The van der Waals surface area contributed by atoms with Crippen LogP contribution in [0.2, 0.25) is 0 Å². The number of hydrogen-bond acceptors (Lipinski definition) is 6. The highest BCUT2D eigenvalue weighted by atomic mass is 16.5. The molecule has 0 fully saturated rings. The fourth-order valence-corrected chi connectivity index (χ4v) is 4.61. The number of amides is 2. The van der Waals surface area contributed by atoms with Gasteiger partial charge in [0.2, 0.25) is 5.91 Å². The highest BCUT2D eigenvalue weighted by Crippen LogP contribution is 2.36. The van der Waals surface area contributed by atoms with Crippen LogP contribution in [0.3, 0.4) is 0 Å². The van der Waals surface area contributed by atoms with E-state index in [1.54, 1.807) is 30.5 Å². The van der Waals surface area contributed by atoms with Crippen LogP contribution in [0.15, 0.2) is 71.3 Å². The number of ether oxygens (including phenoxy) is 1. The molecule has 8 nitrogen and oxygen atoms in total. The van der Waals surface area contributed by atoms with E-state index < -0.39 is 18.0 Å². The Balaban J connectivity index is 1.40. The van der Waals surface area contributed by atoms with Gasteiger partial charge in [0.1, 0.15) is 5.76 Å². The van der Waals surface area contributed by atoms with Crippen LogP contribution >= 0.6 is 0 Å². The Morgan fingerprint density at radius 2 is 1.71 bits per heavy atom. The van der Waals surface area contributed by atoms with Crippen LogP contribution in [0.1, 0.15) is 54.1 Å². The first-order valence-electron chi connectivity index (χ1n) is 12.4. The van der Waals surface area contributed by atoms with Crippen molar-refractivity contribution in [2.75, 3.05) is 10.6 Å². The number of pyridine rings is 1. The smallest absolute Gasteiger partial charge is 0.339 e. The minimum absolute atomic E-state index is 0.184. The van der Waals surface area contributed by atoms with Crippen LogP contribution in [0.5, 0.6) is 0 Å². The SMILES string of the molecule is CC(=O)Nc1ccc(NC(=O)[C@@H](C)OC(=O)c2c3c(nc4ccccc24)/C(=C\c2ccco2)CCC3)cc1. The summed E-state index contributed by atoms with van der Waals surface area (Å²) in [7, 11) is 0. The maximum atomic E-state index is 13.6. The fourth-order valence-electron chi connectivity index (χ4n) is 4.61. The maximum absolute atomic E-state index is 13.6. The molecule has 0 aliphatic heterocycles. The molecule has 0 spiro atoms. The summed E-state index contributed by atoms with van der Waals surface area (Å²) in [5, 5.41) is 6.11. The number of carbonyl (C=O) groups is 3. The van der Waals surface area contributed by atoms with Crippen LogP contribution < -0.4 is 10.6 Å². The van der Waals surface area contributed by atoms with Crippen LogP contribution in [0, 0.1) is 0 Å². The molecule has 38 heavy (non-hydrogen) atoms. The van der Waals surface area contributed by atoms with E-state index in [0.29, 0.717) is 34.3 Å². The summed E-state index contributed by atoms with van der Waals surface area (Å²) in [6.45, 7) is 2.96. The van der Waals surface area contributed by atoms with Crippen LogP contribution in [0.25, 0.3) is 22.6 Å². The van der Waals surface area contributed by atoms with Crippen molar-refractivity contribution in [1.82, 2.24) is 4.98 Å². The van der Waals surface area contributed by atoms with Gasteiger partial charge in [-0.1, -0.05) is 18.2 Å². The number of nitrogens with zero attached hydrogens (tertiary/aromatic N) is 1. The summed E-state index contributed by atoms with van der Waals surface area (Å²) in [5.74, 6) is -0.488. The number of esters is 1. The maximum Gasteiger partial charge on any atom is 0.339 e. The van der Waals surface area contributed by atoms with Crippen molar-refractivity contribution in [2.24, 2.45) is 0 Å². The number of aromatic nitrogens is 1. The molecule has 2 heterocycles. The summed E-state index contributed by atoms with van der Waals surface area (Å²) < 4.78 is 11.2. The Morgan fingerprint density at radius 1 is 0.974 bits per heavy atom. The number of rotatable bonds is 6. The van der Waals surface area contributed by atoms with E-state index >= 15 is 0 Å². The quantitative estimate of drug-likeness (QED) is 0.316. The van der Waals surface area contributed by atoms with E-state index in [1.165, 1.54) is 13.8 Å². The Kier molecular flexibility index (Phi) is 7.04.